The van der Waals surface area contributed by atoms with Gasteiger partial charge in [0.15, 0.2) is 11.5 Å². The SMILES string of the molecule is COCCCOc1cc(C[C@@H](C[C@H]2[C@H](C[C@H](C(=O)NCC(C)(C)C(N)=O)C(C)C)OCN2C(=O)OCOC(=O)c2cccnc2)C(C)C)ccc1OC. The topological polar surface area (TPSA) is 178 Å². The number of benzene rings is 1. The summed E-state index contributed by atoms with van der Waals surface area (Å²) in [6, 6.07) is 8.57. The van der Waals surface area contributed by atoms with Gasteiger partial charge in [-0.15, -0.1) is 0 Å². The van der Waals surface area contributed by atoms with Crippen molar-refractivity contribution in [2.75, 3.05) is 47.5 Å². The van der Waals surface area contributed by atoms with Crippen molar-refractivity contribution in [1.82, 2.24) is 15.2 Å². The quantitative estimate of drug-likeness (QED) is 0.100. The lowest BCUT2D eigenvalue weighted by Gasteiger charge is -2.33. The van der Waals surface area contributed by atoms with Crippen molar-refractivity contribution in [2.24, 2.45) is 34.8 Å². The summed E-state index contributed by atoms with van der Waals surface area (Å²) in [6.07, 6.45) is 3.92. The first-order chi connectivity index (χ1) is 25.2. The summed E-state index contributed by atoms with van der Waals surface area (Å²) < 4.78 is 33.6. The molecule has 1 aliphatic rings. The largest absolute Gasteiger partial charge is 0.493 e. The predicted octanol–water partition coefficient (Wildman–Crippen LogP) is 4.98. The zero-order chi connectivity index (χ0) is 39.1. The van der Waals surface area contributed by atoms with Crippen LogP contribution in [0.5, 0.6) is 11.5 Å². The number of hydrogen-bond acceptors (Lipinski definition) is 11. The van der Waals surface area contributed by atoms with Gasteiger partial charge in [0.1, 0.15) is 6.73 Å². The molecule has 0 bridgehead atoms. The number of esters is 1. The van der Waals surface area contributed by atoms with Crippen LogP contribution >= 0.6 is 0 Å². The van der Waals surface area contributed by atoms with E-state index >= 15 is 0 Å². The van der Waals surface area contributed by atoms with Crippen molar-refractivity contribution in [3.8, 4) is 11.5 Å². The molecule has 53 heavy (non-hydrogen) atoms. The smallest absolute Gasteiger partial charge is 0.414 e. The summed E-state index contributed by atoms with van der Waals surface area (Å²) in [5.74, 6) is -0.441. The van der Waals surface area contributed by atoms with Crippen molar-refractivity contribution >= 4 is 23.9 Å². The minimum absolute atomic E-state index is 0.0698. The summed E-state index contributed by atoms with van der Waals surface area (Å²) in [5, 5.41) is 2.91. The first kappa shape index (κ1) is 43.0. The molecule has 0 aliphatic carbocycles. The lowest BCUT2D eigenvalue weighted by atomic mass is 9.80. The second kappa shape index (κ2) is 20.7. The Hall–Kier alpha value is -4.43. The van der Waals surface area contributed by atoms with Crippen molar-refractivity contribution in [3.63, 3.8) is 0 Å². The number of carbonyl (C=O) groups excluding carboxylic acids is 4. The molecule has 14 heteroatoms. The van der Waals surface area contributed by atoms with Gasteiger partial charge in [-0.05, 0) is 80.7 Å². The minimum Gasteiger partial charge on any atom is -0.493 e. The number of ether oxygens (including phenoxy) is 6. The highest BCUT2D eigenvalue weighted by Crippen LogP contribution is 2.36. The van der Waals surface area contributed by atoms with Crippen molar-refractivity contribution in [1.29, 1.82) is 0 Å². The first-order valence-corrected chi connectivity index (χ1v) is 18.2. The van der Waals surface area contributed by atoms with Gasteiger partial charge >= 0.3 is 12.1 Å². The number of amides is 3. The maximum Gasteiger partial charge on any atom is 0.414 e. The third-order valence-corrected chi connectivity index (χ3v) is 9.72. The molecule has 0 spiro atoms. The number of primary amides is 1. The average Bonchev–Trinajstić information content (AvgIpc) is 3.53. The molecule has 2 aromatic rings. The molecule has 3 N–H and O–H groups in total. The number of pyridine rings is 1. The number of nitrogens with one attached hydrogen (secondary N) is 1. The summed E-state index contributed by atoms with van der Waals surface area (Å²) in [7, 11) is 3.25. The monoisotopic (exact) mass is 742 g/mol. The average molecular weight is 743 g/mol. The molecule has 14 nitrogen and oxygen atoms in total. The molecular weight excluding hydrogens is 684 g/mol. The molecule has 3 amide bonds. The standard InChI is InChI=1S/C39H58N4O10/c1-25(2)29(17-27-12-13-32(49-8)34(18-27)50-16-10-15-48-7)19-31-33(20-30(26(3)4)35(44)42-22-39(5,6)37(40)46)51-23-43(31)38(47)53-24-52-36(45)28-11-9-14-41-21-28/h9,11-14,18,21,25-26,29-31,33H,10,15-17,19-20,22-24H2,1-8H3,(H2,40,46)(H,42,44)/t29-,30-,31-,33-/m0/s1. The Bertz CT molecular complexity index is 1490. The highest BCUT2D eigenvalue weighted by Gasteiger charge is 2.43. The van der Waals surface area contributed by atoms with Crippen LogP contribution in [0.3, 0.4) is 0 Å². The van der Waals surface area contributed by atoms with Crippen LogP contribution in [0.4, 0.5) is 4.79 Å². The molecule has 1 saturated heterocycles. The summed E-state index contributed by atoms with van der Waals surface area (Å²) in [6.45, 7) is 12.0. The van der Waals surface area contributed by atoms with E-state index in [1.54, 1.807) is 40.2 Å². The Balaban J connectivity index is 1.84. The molecule has 4 atom stereocenters. The lowest BCUT2D eigenvalue weighted by molar-refractivity contribution is -0.130. The number of methoxy groups -OCH3 is 2. The van der Waals surface area contributed by atoms with Crippen LogP contribution in [0, 0.1) is 29.1 Å². The maximum absolute atomic E-state index is 13.6. The van der Waals surface area contributed by atoms with Crippen LogP contribution in [0.15, 0.2) is 42.7 Å². The molecule has 294 valence electrons. The highest BCUT2D eigenvalue weighted by atomic mass is 16.7. The van der Waals surface area contributed by atoms with E-state index in [2.05, 4.69) is 24.1 Å². The van der Waals surface area contributed by atoms with E-state index in [0.29, 0.717) is 44.0 Å². The van der Waals surface area contributed by atoms with Crippen molar-refractivity contribution in [2.45, 2.75) is 79.4 Å². The second-order valence-electron chi connectivity index (χ2n) is 14.7. The fraction of sp³-hybridized carbons (Fsp3) is 0.615. The van der Waals surface area contributed by atoms with Gasteiger partial charge in [-0.2, -0.15) is 0 Å². The molecule has 1 aromatic heterocycles. The van der Waals surface area contributed by atoms with Gasteiger partial charge in [0.25, 0.3) is 0 Å². The number of nitrogens with zero attached hydrogens (tertiary/aromatic N) is 2. The van der Waals surface area contributed by atoms with Gasteiger partial charge in [-0.3, -0.25) is 19.5 Å². The molecule has 1 fully saturated rings. The van der Waals surface area contributed by atoms with E-state index in [0.717, 1.165) is 12.0 Å². The zero-order valence-corrected chi connectivity index (χ0v) is 32.4. The van der Waals surface area contributed by atoms with E-state index in [-0.39, 0.29) is 42.5 Å². The van der Waals surface area contributed by atoms with Crippen LogP contribution in [0.1, 0.15) is 76.7 Å². The fourth-order valence-corrected chi connectivity index (χ4v) is 6.07. The van der Waals surface area contributed by atoms with E-state index in [1.165, 1.54) is 17.3 Å². The summed E-state index contributed by atoms with van der Waals surface area (Å²) >= 11 is 0. The van der Waals surface area contributed by atoms with Crippen molar-refractivity contribution in [3.05, 3.63) is 53.9 Å². The van der Waals surface area contributed by atoms with Gasteiger partial charge in [0.05, 0.1) is 36.8 Å². The molecule has 0 saturated carbocycles. The van der Waals surface area contributed by atoms with Gasteiger partial charge < -0.3 is 39.5 Å². The normalized spacial score (nSPS) is 17.0. The Morgan fingerprint density at radius 3 is 2.40 bits per heavy atom. The molecule has 1 aliphatic heterocycles. The number of hydrogen-bond donors (Lipinski definition) is 2. The minimum atomic E-state index is -0.925. The third-order valence-electron chi connectivity index (χ3n) is 9.72. The van der Waals surface area contributed by atoms with Crippen LogP contribution in [-0.4, -0.2) is 93.4 Å². The summed E-state index contributed by atoms with van der Waals surface area (Å²) in [4.78, 5) is 56.9. The van der Waals surface area contributed by atoms with E-state index < -0.39 is 48.2 Å². The van der Waals surface area contributed by atoms with E-state index in [4.69, 9.17) is 34.2 Å². The van der Waals surface area contributed by atoms with Crippen LogP contribution in [-0.2, 0) is 35.0 Å². The Labute approximate surface area is 313 Å². The Morgan fingerprint density at radius 1 is 1.02 bits per heavy atom. The highest BCUT2D eigenvalue weighted by molar-refractivity contribution is 5.89. The third kappa shape index (κ3) is 12.9. The maximum atomic E-state index is 13.6. The molecule has 3 rings (SSSR count). The Morgan fingerprint density at radius 2 is 1.77 bits per heavy atom. The van der Waals surface area contributed by atoms with Gasteiger partial charge in [0.2, 0.25) is 18.6 Å². The van der Waals surface area contributed by atoms with Crippen LogP contribution in [0.2, 0.25) is 0 Å². The molecule has 0 unspecified atom stereocenters. The fourth-order valence-electron chi connectivity index (χ4n) is 6.07. The van der Waals surface area contributed by atoms with Gasteiger partial charge in [-0.25, -0.2) is 9.59 Å². The number of aromatic nitrogens is 1. The molecule has 2 heterocycles. The molecule has 1 aromatic carbocycles. The first-order valence-electron chi connectivity index (χ1n) is 18.2. The Kier molecular flexibility index (Phi) is 16.8. The molecule has 0 radical (unpaired) electrons. The zero-order valence-electron chi connectivity index (χ0n) is 32.4. The van der Waals surface area contributed by atoms with E-state index in [1.807, 2.05) is 32.0 Å². The van der Waals surface area contributed by atoms with Crippen LogP contribution < -0.4 is 20.5 Å². The number of carbonyl (C=O) groups is 4. The predicted molar refractivity (Wildman–Crippen MR) is 197 cm³/mol. The lowest BCUT2D eigenvalue weighted by Crippen LogP contribution is -2.47. The van der Waals surface area contributed by atoms with Crippen LogP contribution in [0.25, 0.3) is 0 Å². The second-order valence-corrected chi connectivity index (χ2v) is 14.7. The van der Waals surface area contributed by atoms with Gasteiger partial charge in [0, 0.05) is 45.0 Å². The van der Waals surface area contributed by atoms with Gasteiger partial charge in [-0.1, -0.05) is 33.8 Å². The summed E-state index contributed by atoms with van der Waals surface area (Å²) in [5.41, 5.74) is 5.88. The number of nitrogens with two attached hydrogens (primary N) is 1. The van der Waals surface area contributed by atoms with Crippen molar-refractivity contribution < 1.29 is 47.6 Å². The van der Waals surface area contributed by atoms with E-state index in [9.17, 15) is 19.2 Å². The molecular formula is C39H58N4O10. The number of rotatable bonds is 21.